The lowest BCUT2D eigenvalue weighted by molar-refractivity contribution is 0.0781. The molecule has 1 aliphatic rings. The van der Waals surface area contributed by atoms with Crippen LogP contribution in [0.3, 0.4) is 0 Å². The first kappa shape index (κ1) is 14.8. The third-order valence-electron chi connectivity index (χ3n) is 4.08. The Labute approximate surface area is 128 Å². The molecule has 1 fully saturated rings. The molecular weight excluding hydrogens is 304 g/mol. The predicted octanol–water partition coefficient (Wildman–Crippen LogP) is 0.781. The minimum Gasteiger partial charge on any atom is -0.347 e. The van der Waals surface area contributed by atoms with E-state index in [4.69, 9.17) is 0 Å². The molecule has 1 atom stereocenters. The van der Waals surface area contributed by atoms with E-state index in [2.05, 4.69) is 10.2 Å². The number of nitrogens with one attached hydrogen (secondary N) is 1. The number of H-pyrrole nitrogens is 1. The number of likely N-dealkylation sites (tertiary alicyclic amines) is 1. The molecule has 3 heterocycles. The van der Waals surface area contributed by atoms with E-state index in [-0.39, 0.29) is 16.7 Å². The number of rotatable bonds is 3. The van der Waals surface area contributed by atoms with Crippen molar-refractivity contribution in [1.82, 2.24) is 19.7 Å². The number of nitrogens with zero attached hydrogens (tertiary/aromatic N) is 3. The van der Waals surface area contributed by atoms with Crippen molar-refractivity contribution in [3.8, 4) is 0 Å². The van der Waals surface area contributed by atoms with Gasteiger partial charge in [-0.05, 0) is 18.6 Å². The Balaban J connectivity index is 1.80. The molecule has 0 saturated carbocycles. The van der Waals surface area contributed by atoms with Crippen LogP contribution in [0, 0.1) is 0 Å². The van der Waals surface area contributed by atoms with Crippen LogP contribution in [0.1, 0.15) is 28.5 Å². The molecule has 0 bridgehead atoms. The molecule has 0 aliphatic carbocycles. The van der Waals surface area contributed by atoms with Crippen LogP contribution < -0.4 is 0 Å². The van der Waals surface area contributed by atoms with Gasteiger partial charge in [-0.1, -0.05) is 0 Å². The number of hydrogen-bond donors (Lipinski definition) is 1. The van der Waals surface area contributed by atoms with Gasteiger partial charge >= 0.3 is 0 Å². The second-order valence-corrected chi connectivity index (χ2v) is 7.65. The lowest BCUT2D eigenvalue weighted by atomic mass is 10.1. The molecular formula is C14H18N4O3S. The van der Waals surface area contributed by atoms with Gasteiger partial charge in [-0.15, -0.1) is 0 Å². The summed E-state index contributed by atoms with van der Waals surface area (Å²) in [5.74, 6) is -0.0631. The Hall–Kier alpha value is -2.09. The topological polar surface area (TPSA) is 88.1 Å². The van der Waals surface area contributed by atoms with E-state index in [0.29, 0.717) is 24.5 Å². The molecule has 0 aromatic carbocycles. The van der Waals surface area contributed by atoms with Crippen LogP contribution >= 0.6 is 0 Å². The average Bonchev–Trinajstić information content (AvgIpc) is 3.16. The largest absolute Gasteiger partial charge is 0.347 e. The maximum absolute atomic E-state index is 12.5. The lowest BCUT2D eigenvalue weighted by Gasteiger charge is -2.17. The molecule has 22 heavy (non-hydrogen) atoms. The van der Waals surface area contributed by atoms with E-state index >= 15 is 0 Å². The van der Waals surface area contributed by atoms with Crippen LogP contribution in [0.4, 0.5) is 0 Å². The highest BCUT2D eigenvalue weighted by Crippen LogP contribution is 2.30. The Morgan fingerprint density at radius 3 is 2.86 bits per heavy atom. The van der Waals surface area contributed by atoms with Gasteiger partial charge in [-0.2, -0.15) is 5.10 Å². The maximum Gasteiger partial charge on any atom is 0.270 e. The summed E-state index contributed by atoms with van der Waals surface area (Å²) < 4.78 is 25.3. The zero-order chi connectivity index (χ0) is 15.9. The highest BCUT2D eigenvalue weighted by Gasteiger charge is 2.32. The van der Waals surface area contributed by atoms with E-state index in [1.165, 1.54) is 12.5 Å². The summed E-state index contributed by atoms with van der Waals surface area (Å²) >= 11 is 0. The fraction of sp³-hybridized carbons (Fsp3) is 0.429. The second-order valence-electron chi connectivity index (χ2n) is 5.66. The van der Waals surface area contributed by atoms with Crippen LogP contribution in [-0.4, -0.2) is 53.3 Å². The summed E-state index contributed by atoms with van der Waals surface area (Å²) in [6, 6.07) is 3.62. The average molecular weight is 322 g/mol. The zero-order valence-electron chi connectivity index (χ0n) is 12.5. The van der Waals surface area contributed by atoms with Crippen molar-refractivity contribution in [3.05, 3.63) is 35.9 Å². The highest BCUT2D eigenvalue weighted by molar-refractivity contribution is 7.90. The highest BCUT2D eigenvalue weighted by atomic mass is 32.2. The Bertz CT molecular complexity index is 806. The van der Waals surface area contributed by atoms with Crippen LogP contribution in [0.25, 0.3) is 0 Å². The summed E-state index contributed by atoms with van der Waals surface area (Å²) in [6.45, 7) is 1.10. The Kier molecular flexibility index (Phi) is 3.56. The number of sulfone groups is 1. The summed E-state index contributed by atoms with van der Waals surface area (Å²) in [4.78, 5) is 14.5. The molecule has 1 saturated heterocycles. The number of aromatic amines is 1. The van der Waals surface area contributed by atoms with E-state index < -0.39 is 9.84 Å². The molecule has 1 amide bonds. The van der Waals surface area contributed by atoms with Crippen molar-refractivity contribution in [3.63, 3.8) is 0 Å². The summed E-state index contributed by atoms with van der Waals surface area (Å²) in [7, 11) is -1.49. The molecule has 1 aliphatic heterocycles. The third-order valence-corrected chi connectivity index (χ3v) is 5.20. The standard InChI is InChI=1S/C14H18N4O3S/c1-17-6-3-4-11(17)14(19)18-7-5-10(9-18)13-12(8-15-16-13)22(2,20)21/h3-4,6,8,10H,5,7,9H2,1-2H3,(H,15,16)/t10-/m1/s1. The van der Waals surface area contributed by atoms with Gasteiger partial charge in [0.2, 0.25) is 0 Å². The molecule has 2 aromatic heterocycles. The van der Waals surface area contributed by atoms with Crippen molar-refractivity contribution in [2.45, 2.75) is 17.2 Å². The Morgan fingerprint density at radius 1 is 1.45 bits per heavy atom. The zero-order valence-corrected chi connectivity index (χ0v) is 13.3. The van der Waals surface area contributed by atoms with Gasteiger partial charge in [0.15, 0.2) is 9.84 Å². The summed E-state index contributed by atoms with van der Waals surface area (Å²) in [5, 5.41) is 6.64. The van der Waals surface area contributed by atoms with E-state index in [1.54, 1.807) is 15.5 Å². The molecule has 0 spiro atoms. The number of amides is 1. The third kappa shape index (κ3) is 2.54. The van der Waals surface area contributed by atoms with E-state index in [9.17, 15) is 13.2 Å². The maximum atomic E-state index is 12.5. The monoisotopic (exact) mass is 322 g/mol. The number of carbonyl (C=O) groups is 1. The normalized spacial score (nSPS) is 18.8. The first-order valence-corrected chi connectivity index (χ1v) is 8.91. The van der Waals surface area contributed by atoms with Crippen molar-refractivity contribution in [1.29, 1.82) is 0 Å². The SMILES string of the molecule is Cn1cccc1C(=O)N1CC[C@@H](c2[nH]ncc2S(C)(=O)=O)C1. The van der Waals surface area contributed by atoms with Gasteiger partial charge < -0.3 is 9.47 Å². The summed E-state index contributed by atoms with van der Waals surface area (Å²) in [5.41, 5.74) is 1.23. The molecule has 0 unspecified atom stereocenters. The van der Waals surface area contributed by atoms with Gasteiger partial charge in [0.05, 0.1) is 11.9 Å². The van der Waals surface area contributed by atoms with Crippen molar-refractivity contribution in [2.24, 2.45) is 7.05 Å². The molecule has 8 heteroatoms. The number of hydrogen-bond acceptors (Lipinski definition) is 4. The van der Waals surface area contributed by atoms with Crippen molar-refractivity contribution in [2.75, 3.05) is 19.3 Å². The fourth-order valence-corrected chi connectivity index (χ4v) is 3.75. The molecule has 2 aromatic rings. The van der Waals surface area contributed by atoms with Gasteiger partial charge in [0, 0.05) is 38.5 Å². The van der Waals surface area contributed by atoms with E-state index in [0.717, 1.165) is 6.42 Å². The van der Waals surface area contributed by atoms with Gasteiger partial charge in [0.25, 0.3) is 5.91 Å². The van der Waals surface area contributed by atoms with Gasteiger partial charge in [-0.25, -0.2) is 8.42 Å². The first-order valence-electron chi connectivity index (χ1n) is 7.02. The lowest BCUT2D eigenvalue weighted by Crippen LogP contribution is -2.30. The van der Waals surface area contributed by atoms with E-state index in [1.807, 2.05) is 19.3 Å². The Morgan fingerprint density at radius 2 is 2.23 bits per heavy atom. The predicted molar refractivity (Wildman–Crippen MR) is 80.4 cm³/mol. The molecule has 7 nitrogen and oxygen atoms in total. The number of aromatic nitrogens is 3. The smallest absolute Gasteiger partial charge is 0.270 e. The number of carbonyl (C=O) groups excluding carboxylic acids is 1. The fourth-order valence-electron chi connectivity index (χ4n) is 2.90. The minimum absolute atomic E-state index is 0.0311. The molecule has 3 rings (SSSR count). The molecule has 1 N–H and O–H groups in total. The molecule has 118 valence electrons. The molecule has 0 radical (unpaired) electrons. The van der Waals surface area contributed by atoms with Crippen LogP contribution in [0.5, 0.6) is 0 Å². The van der Waals surface area contributed by atoms with Crippen LogP contribution in [-0.2, 0) is 16.9 Å². The second kappa shape index (κ2) is 5.28. The van der Waals surface area contributed by atoms with Crippen LogP contribution in [0.15, 0.2) is 29.4 Å². The van der Waals surface area contributed by atoms with Crippen molar-refractivity contribution >= 4 is 15.7 Å². The van der Waals surface area contributed by atoms with Crippen molar-refractivity contribution < 1.29 is 13.2 Å². The summed E-state index contributed by atoms with van der Waals surface area (Å²) in [6.07, 6.45) is 5.06. The van der Waals surface area contributed by atoms with Crippen LogP contribution in [0.2, 0.25) is 0 Å². The number of aryl methyl sites for hydroxylation is 1. The minimum atomic E-state index is -3.32. The van der Waals surface area contributed by atoms with Gasteiger partial charge in [-0.3, -0.25) is 9.89 Å². The quantitative estimate of drug-likeness (QED) is 0.904. The van der Waals surface area contributed by atoms with Gasteiger partial charge in [0.1, 0.15) is 10.6 Å². The first-order chi connectivity index (χ1) is 10.4.